The molecule has 0 aliphatic rings. The van der Waals surface area contributed by atoms with Crippen molar-refractivity contribution < 1.29 is 4.39 Å². The second-order valence-electron chi connectivity index (χ2n) is 6.56. The number of thiocarbonyl (C=S) groups is 1. The number of anilines is 1. The predicted octanol–water partition coefficient (Wildman–Crippen LogP) is 4.48. The van der Waals surface area contributed by atoms with Crippen LogP contribution in [0.25, 0.3) is 0 Å². The Morgan fingerprint density at radius 1 is 1.07 bits per heavy atom. The maximum atomic E-state index is 13.0. The van der Waals surface area contributed by atoms with E-state index in [1.807, 2.05) is 30.7 Å². The molecule has 0 atom stereocenters. The number of nitrogens with one attached hydrogen (secondary N) is 2. The molecule has 0 radical (unpaired) electrons. The summed E-state index contributed by atoms with van der Waals surface area (Å²) in [6.45, 7) is 7.35. The molecular weight excluding hydrogens is 359 g/mol. The third-order valence-electron chi connectivity index (χ3n) is 4.57. The van der Waals surface area contributed by atoms with E-state index in [1.165, 1.54) is 23.3 Å². The fraction of sp³-hybridized carbons (Fsp3) is 0.238. The van der Waals surface area contributed by atoms with Gasteiger partial charge in [-0.1, -0.05) is 36.4 Å². The van der Waals surface area contributed by atoms with E-state index in [9.17, 15) is 4.39 Å². The van der Waals surface area contributed by atoms with Crippen LogP contribution in [0.1, 0.15) is 28.1 Å². The van der Waals surface area contributed by atoms with Crippen LogP contribution in [0.15, 0.2) is 48.5 Å². The molecule has 3 rings (SSSR count). The lowest BCUT2D eigenvalue weighted by atomic mass is 10.1. The standard InChI is InChI=1S/C21H23FN4S/c1-14-6-4-5-7-18(14)13-26-16(3)20(15(2)25-26)24-21(27)23-12-17-8-10-19(22)11-9-17/h4-11H,12-13H2,1-3H3,(H2,23,24,27). The van der Waals surface area contributed by atoms with Crippen molar-refractivity contribution in [2.45, 2.75) is 33.9 Å². The maximum absolute atomic E-state index is 13.0. The summed E-state index contributed by atoms with van der Waals surface area (Å²) in [6, 6.07) is 14.7. The first-order valence-electron chi connectivity index (χ1n) is 8.82. The molecule has 0 unspecified atom stereocenters. The third kappa shape index (κ3) is 4.71. The highest BCUT2D eigenvalue weighted by Gasteiger charge is 2.13. The Hall–Kier alpha value is -2.73. The van der Waals surface area contributed by atoms with Crippen LogP contribution in [0.2, 0.25) is 0 Å². The van der Waals surface area contributed by atoms with E-state index < -0.39 is 0 Å². The number of hydrogen-bond donors (Lipinski definition) is 2. The zero-order valence-corrected chi connectivity index (χ0v) is 16.5. The summed E-state index contributed by atoms with van der Waals surface area (Å²) >= 11 is 5.41. The van der Waals surface area contributed by atoms with Crippen molar-refractivity contribution in [2.24, 2.45) is 0 Å². The lowest BCUT2D eigenvalue weighted by Gasteiger charge is -2.12. The third-order valence-corrected chi connectivity index (χ3v) is 4.81. The van der Waals surface area contributed by atoms with Crippen molar-refractivity contribution in [3.8, 4) is 0 Å². The van der Waals surface area contributed by atoms with Crippen molar-refractivity contribution in [2.75, 3.05) is 5.32 Å². The van der Waals surface area contributed by atoms with E-state index in [2.05, 4.69) is 34.8 Å². The summed E-state index contributed by atoms with van der Waals surface area (Å²) in [6.07, 6.45) is 0. The molecule has 2 aromatic carbocycles. The molecule has 0 saturated carbocycles. The van der Waals surface area contributed by atoms with Crippen LogP contribution in [0, 0.1) is 26.6 Å². The van der Waals surface area contributed by atoms with Crippen molar-refractivity contribution in [3.63, 3.8) is 0 Å². The molecule has 4 nitrogen and oxygen atoms in total. The molecular formula is C21H23FN4S. The normalized spacial score (nSPS) is 10.7. The summed E-state index contributed by atoms with van der Waals surface area (Å²) in [5.41, 5.74) is 6.29. The fourth-order valence-electron chi connectivity index (χ4n) is 2.92. The Bertz CT molecular complexity index is 947. The van der Waals surface area contributed by atoms with Crippen LogP contribution in [-0.4, -0.2) is 14.9 Å². The molecule has 0 spiro atoms. The van der Waals surface area contributed by atoms with Crippen LogP contribution in [0.5, 0.6) is 0 Å². The van der Waals surface area contributed by atoms with E-state index >= 15 is 0 Å². The van der Waals surface area contributed by atoms with Crippen molar-refractivity contribution in [1.82, 2.24) is 15.1 Å². The number of rotatable bonds is 5. The minimum Gasteiger partial charge on any atom is -0.358 e. The summed E-state index contributed by atoms with van der Waals surface area (Å²) < 4.78 is 15.0. The van der Waals surface area contributed by atoms with Crippen LogP contribution in [0.3, 0.4) is 0 Å². The van der Waals surface area contributed by atoms with Gasteiger partial charge >= 0.3 is 0 Å². The van der Waals surface area contributed by atoms with Crippen molar-refractivity contribution >= 4 is 23.0 Å². The van der Waals surface area contributed by atoms with Gasteiger partial charge in [-0.05, 0) is 61.8 Å². The van der Waals surface area contributed by atoms with Crippen molar-refractivity contribution in [1.29, 1.82) is 0 Å². The van der Waals surface area contributed by atoms with Crippen molar-refractivity contribution in [3.05, 3.63) is 82.4 Å². The van der Waals surface area contributed by atoms with Gasteiger partial charge in [0.2, 0.25) is 0 Å². The lowest BCUT2D eigenvalue weighted by Crippen LogP contribution is -2.28. The zero-order valence-electron chi connectivity index (χ0n) is 15.7. The van der Waals surface area contributed by atoms with E-state index in [0.717, 1.165) is 29.2 Å². The molecule has 6 heteroatoms. The smallest absolute Gasteiger partial charge is 0.171 e. The first-order chi connectivity index (χ1) is 12.9. The van der Waals surface area contributed by atoms with Gasteiger partial charge in [0.25, 0.3) is 0 Å². The fourth-order valence-corrected chi connectivity index (χ4v) is 3.10. The van der Waals surface area contributed by atoms with E-state index in [-0.39, 0.29) is 5.82 Å². The minimum atomic E-state index is -0.244. The molecule has 27 heavy (non-hydrogen) atoms. The Labute approximate surface area is 164 Å². The molecule has 0 bridgehead atoms. The number of halogens is 1. The number of hydrogen-bond acceptors (Lipinski definition) is 2. The number of benzene rings is 2. The molecule has 0 aliphatic carbocycles. The molecule has 2 N–H and O–H groups in total. The average Bonchev–Trinajstić information content (AvgIpc) is 2.90. The second kappa shape index (κ2) is 8.31. The van der Waals surface area contributed by atoms with E-state index in [1.54, 1.807) is 12.1 Å². The van der Waals surface area contributed by atoms with Crippen LogP contribution >= 0.6 is 12.2 Å². The molecule has 0 amide bonds. The first-order valence-corrected chi connectivity index (χ1v) is 9.22. The van der Waals surface area contributed by atoms with Gasteiger partial charge < -0.3 is 10.6 Å². The van der Waals surface area contributed by atoms with Gasteiger partial charge in [0, 0.05) is 6.54 Å². The Balaban J connectivity index is 1.66. The van der Waals surface area contributed by atoms with Crippen LogP contribution < -0.4 is 10.6 Å². The molecule has 0 fully saturated rings. The van der Waals surface area contributed by atoms with Gasteiger partial charge in [0.1, 0.15) is 5.82 Å². The molecule has 140 valence electrons. The first kappa shape index (κ1) is 19.0. The topological polar surface area (TPSA) is 41.9 Å². The SMILES string of the molecule is Cc1ccccc1Cn1nc(C)c(NC(=S)NCc2ccc(F)cc2)c1C. The molecule has 1 aromatic heterocycles. The lowest BCUT2D eigenvalue weighted by molar-refractivity contribution is 0.627. The zero-order chi connectivity index (χ0) is 19.4. The van der Waals surface area contributed by atoms with Gasteiger partial charge in [-0.25, -0.2) is 4.39 Å². The Morgan fingerprint density at radius 2 is 1.78 bits per heavy atom. The molecule has 1 heterocycles. The maximum Gasteiger partial charge on any atom is 0.171 e. The highest BCUT2D eigenvalue weighted by Crippen LogP contribution is 2.21. The molecule has 3 aromatic rings. The number of nitrogens with zero attached hydrogens (tertiary/aromatic N) is 2. The largest absolute Gasteiger partial charge is 0.358 e. The minimum absolute atomic E-state index is 0.244. The van der Waals surface area contributed by atoms with Gasteiger partial charge in [-0.2, -0.15) is 5.10 Å². The van der Waals surface area contributed by atoms with Gasteiger partial charge in [-0.15, -0.1) is 0 Å². The Morgan fingerprint density at radius 3 is 2.48 bits per heavy atom. The molecule has 0 aliphatic heterocycles. The monoisotopic (exact) mass is 382 g/mol. The van der Waals surface area contributed by atoms with Crippen LogP contribution in [-0.2, 0) is 13.1 Å². The van der Waals surface area contributed by atoms with Gasteiger partial charge in [0.05, 0.1) is 23.6 Å². The molecule has 0 saturated heterocycles. The highest BCUT2D eigenvalue weighted by molar-refractivity contribution is 7.80. The quantitative estimate of drug-likeness (QED) is 0.639. The van der Waals surface area contributed by atoms with E-state index in [0.29, 0.717) is 11.7 Å². The Kier molecular flexibility index (Phi) is 5.86. The second-order valence-corrected chi connectivity index (χ2v) is 6.97. The highest BCUT2D eigenvalue weighted by atomic mass is 32.1. The summed E-state index contributed by atoms with van der Waals surface area (Å²) in [5.74, 6) is -0.244. The summed E-state index contributed by atoms with van der Waals surface area (Å²) in [4.78, 5) is 0. The number of aromatic nitrogens is 2. The van der Waals surface area contributed by atoms with Gasteiger partial charge in [0.15, 0.2) is 5.11 Å². The summed E-state index contributed by atoms with van der Waals surface area (Å²) in [7, 11) is 0. The average molecular weight is 383 g/mol. The summed E-state index contributed by atoms with van der Waals surface area (Å²) in [5, 5.41) is 11.6. The van der Waals surface area contributed by atoms with Gasteiger partial charge in [-0.3, -0.25) is 4.68 Å². The van der Waals surface area contributed by atoms with E-state index in [4.69, 9.17) is 12.2 Å². The number of aryl methyl sites for hydroxylation is 2. The van der Waals surface area contributed by atoms with Crippen LogP contribution in [0.4, 0.5) is 10.1 Å². The predicted molar refractivity (Wildman–Crippen MR) is 111 cm³/mol.